The van der Waals surface area contributed by atoms with Gasteiger partial charge in [0.05, 0.1) is 0 Å². The molecule has 0 aromatic heterocycles. The van der Waals surface area contributed by atoms with Crippen LogP contribution in [-0.2, 0) is 20.9 Å². The highest BCUT2D eigenvalue weighted by molar-refractivity contribution is 5.80. The summed E-state index contributed by atoms with van der Waals surface area (Å²) in [6.45, 7) is 3.71. The molecule has 0 saturated heterocycles. The van der Waals surface area contributed by atoms with Gasteiger partial charge in [-0.05, 0) is 43.2 Å². The molecule has 27 heavy (non-hydrogen) atoms. The third-order valence-electron chi connectivity index (χ3n) is 3.98. The highest BCUT2D eigenvalue weighted by atomic mass is 16.6. The van der Waals surface area contributed by atoms with Crippen LogP contribution in [0.1, 0.15) is 16.7 Å². The third kappa shape index (κ3) is 6.66. The minimum atomic E-state index is -0.583. The monoisotopic (exact) mass is 370 g/mol. The predicted molar refractivity (Wildman–Crippen MR) is 105 cm³/mol. The Morgan fingerprint density at radius 2 is 1.70 bits per heavy atom. The predicted octanol–water partition coefficient (Wildman–Crippen LogP) is 2.61. The number of rotatable bonds is 8. The van der Waals surface area contributed by atoms with E-state index in [1.165, 1.54) is 0 Å². The van der Waals surface area contributed by atoms with E-state index in [-0.39, 0.29) is 19.1 Å². The summed E-state index contributed by atoms with van der Waals surface area (Å²) in [5.74, 6) is -0.310. The van der Waals surface area contributed by atoms with E-state index in [9.17, 15) is 9.59 Å². The van der Waals surface area contributed by atoms with Crippen molar-refractivity contribution in [2.24, 2.45) is 0 Å². The van der Waals surface area contributed by atoms with E-state index in [0.717, 1.165) is 22.4 Å². The second-order valence-electron chi connectivity index (χ2n) is 6.56. The van der Waals surface area contributed by atoms with Crippen molar-refractivity contribution in [3.05, 3.63) is 59.2 Å². The molecule has 0 bridgehead atoms. The van der Waals surface area contributed by atoms with Gasteiger partial charge in [-0.3, -0.25) is 4.79 Å². The maximum Gasteiger partial charge on any atom is 0.344 e. The van der Waals surface area contributed by atoms with E-state index in [4.69, 9.17) is 9.47 Å². The van der Waals surface area contributed by atoms with Gasteiger partial charge in [-0.15, -0.1) is 0 Å². The van der Waals surface area contributed by atoms with E-state index in [1.807, 2.05) is 75.3 Å². The Labute approximate surface area is 160 Å². The molecular weight excluding hydrogens is 344 g/mol. The summed E-state index contributed by atoms with van der Waals surface area (Å²) in [5.41, 5.74) is 4.12. The number of nitrogens with one attached hydrogen (secondary N) is 1. The summed E-state index contributed by atoms with van der Waals surface area (Å²) in [5, 5.41) is 2.72. The van der Waals surface area contributed by atoms with Crippen LogP contribution >= 0.6 is 0 Å². The van der Waals surface area contributed by atoms with Crippen LogP contribution < -0.4 is 15.0 Å². The van der Waals surface area contributed by atoms with E-state index in [1.54, 1.807) is 0 Å². The molecule has 6 nitrogen and oxygen atoms in total. The second kappa shape index (κ2) is 9.62. The van der Waals surface area contributed by atoms with Gasteiger partial charge in [-0.1, -0.05) is 29.8 Å². The van der Waals surface area contributed by atoms with Gasteiger partial charge in [-0.25, -0.2) is 4.79 Å². The zero-order valence-electron chi connectivity index (χ0n) is 16.2. The first-order chi connectivity index (χ1) is 12.8. The van der Waals surface area contributed by atoms with Crippen LogP contribution in [0, 0.1) is 13.8 Å². The van der Waals surface area contributed by atoms with Crippen LogP contribution in [0.3, 0.4) is 0 Å². The molecule has 0 fully saturated rings. The molecule has 0 heterocycles. The average Bonchev–Trinajstić information content (AvgIpc) is 2.64. The van der Waals surface area contributed by atoms with Gasteiger partial charge in [0.15, 0.2) is 13.2 Å². The smallest absolute Gasteiger partial charge is 0.344 e. The van der Waals surface area contributed by atoms with Crippen LogP contribution in [0.25, 0.3) is 0 Å². The SMILES string of the molecule is Cc1ccc(OCC(=O)OCC(=O)NCc2ccc(N(C)C)cc2)c(C)c1. The molecule has 0 aliphatic rings. The molecule has 0 atom stereocenters. The molecular formula is C21H26N2O4. The maximum atomic E-state index is 11.8. The molecule has 2 aromatic rings. The summed E-state index contributed by atoms with van der Waals surface area (Å²) in [7, 11) is 3.93. The fourth-order valence-electron chi connectivity index (χ4n) is 2.45. The first-order valence-electron chi connectivity index (χ1n) is 8.74. The molecule has 0 spiro atoms. The molecule has 6 heteroatoms. The topological polar surface area (TPSA) is 67.9 Å². The van der Waals surface area contributed by atoms with Crippen molar-refractivity contribution >= 4 is 17.6 Å². The zero-order chi connectivity index (χ0) is 19.8. The zero-order valence-corrected chi connectivity index (χ0v) is 16.2. The van der Waals surface area contributed by atoms with Gasteiger partial charge in [0.25, 0.3) is 5.91 Å². The van der Waals surface area contributed by atoms with E-state index < -0.39 is 5.97 Å². The Balaban J connectivity index is 1.69. The van der Waals surface area contributed by atoms with Gasteiger partial charge < -0.3 is 19.7 Å². The van der Waals surface area contributed by atoms with Gasteiger partial charge in [0.1, 0.15) is 5.75 Å². The normalized spacial score (nSPS) is 10.2. The van der Waals surface area contributed by atoms with Crippen molar-refractivity contribution in [1.82, 2.24) is 5.32 Å². The number of amides is 1. The van der Waals surface area contributed by atoms with Crippen molar-refractivity contribution in [3.63, 3.8) is 0 Å². The Morgan fingerprint density at radius 3 is 2.33 bits per heavy atom. The lowest BCUT2D eigenvalue weighted by molar-refractivity contribution is -0.150. The van der Waals surface area contributed by atoms with Crippen molar-refractivity contribution < 1.29 is 19.1 Å². The molecule has 0 aliphatic heterocycles. The molecule has 1 amide bonds. The molecule has 2 rings (SSSR count). The largest absolute Gasteiger partial charge is 0.482 e. The van der Waals surface area contributed by atoms with Crippen LogP contribution in [-0.4, -0.2) is 39.2 Å². The maximum absolute atomic E-state index is 11.8. The number of hydrogen-bond acceptors (Lipinski definition) is 5. The standard InChI is InChI=1S/C21H26N2O4/c1-15-5-10-19(16(2)11-15)26-14-21(25)27-13-20(24)22-12-17-6-8-18(9-7-17)23(3)4/h5-11H,12-14H2,1-4H3,(H,22,24). The van der Waals surface area contributed by atoms with Gasteiger partial charge >= 0.3 is 5.97 Å². The van der Waals surface area contributed by atoms with Crippen LogP contribution in [0.2, 0.25) is 0 Å². The highest BCUT2D eigenvalue weighted by Crippen LogP contribution is 2.18. The minimum Gasteiger partial charge on any atom is -0.482 e. The highest BCUT2D eigenvalue weighted by Gasteiger charge is 2.09. The van der Waals surface area contributed by atoms with Crippen LogP contribution in [0.5, 0.6) is 5.75 Å². The van der Waals surface area contributed by atoms with Crippen LogP contribution in [0.4, 0.5) is 5.69 Å². The Morgan fingerprint density at radius 1 is 1.00 bits per heavy atom. The van der Waals surface area contributed by atoms with E-state index in [0.29, 0.717) is 12.3 Å². The first kappa shape index (κ1) is 20.3. The molecule has 2 aromatic carbocycles. The first-order valence-corrected chi connectivity index (χ1v) is 8.74. The summed E-state index contributed by atoms with van der Waals surface area (Å²) in [6, 6.07) is 13.5. The lowest BCUT2D eigenvalue weighted by Crippen LogP contribution is -2.29. The Hall–Kier alpha value is -3.02. The molecule has 0 saturated carbocycles. The van der Waals surface area contributed by atoms with E-state index in [2.05, 4.69) is 5.32 Å². The number of esters is 1. The summed E-state index contributed by atoms with van der Waals surface area (Å²) >= 11 is 0. The molecule has 0 radical (unpaired) electrons. The molecule has 0 aliphatic carbocycles. The van der Waals surface area contributed by atoms with Crippen molar-refractivity contribution in [1.29, 1.82) is 0 Å². The summed E-state index contributed by atoms with van der Waals surface area (Å²) in [6.07, 6.45) is 0. The van der Waals surface area contributed by atoms with Gasteiger partial charge in [0, 0.05) is 26.3 Å². The number of carbonyl (C=O) groups is 2. The number of benzene rings is 2. The number of hydrogen-bond donors (Lipinski definition) is 1. The molecule has 0 unspecified atom stereocenters. The number of anilines is 1. The van der Waals surface area contributed by atoms with Crippen molar-refractivity contribution in [3.8, 4) is 5.75 Å². The van der Waals surface area contributed by atoms with Gasteiger partial charge in [0.2, 0.25) is 0 Å². The average molecular weight is 370 g/mol. The second-order valence-corrected chi connectivity index (χ2v) is 6.56. The lowest BCUT2D eigenvalue weighted by Gasteiger charge is -2.13. The van der Waals surface area contributed by atoms with Crippen molar-refractivity contribution in [2.75, 3.05) is 32.2 Å². The Kier molecular flexibility index (Phi) is 7.23. The van der Waals surface area contributed by atoms with E-state index >= 15 is 0 Å². The molecule has 1 N–H and O–H groups in total. The number of nitrogens with zero attached hydrogens (tertiary/aromatic N) is 1. The summed E-state index contributed by atoms with van der Waals surface area (Å²) < 4.78 is 10.4. The van der Waals surface area contributed by atoms with Gasteiger partial charge in [-0.2, -0.15) is 0 Å². The van der Waals surface area contributed by atoms with Crippen LogP contribution in [0.15, 0.2) is 42.5 Å². The van der Waals surface area contributed by atoms with Crippen molar-refractivity contribution in [2.45, 2.75) is 20.4 Å². The summed E-state index contributed by atoms with van der Waals surface area (Å²) in [4.78, 5) is 25.6. The number of aryl methyl sites for hydroxylation is 2. The lowest BCUT2D eigenvalue weighted by atomic mass is 10.1. The Bertz CT molecular complexity index is 785. The fraction of sp³-hybridized carbons (Fsp3) is 0.333. The fourth-order valence-corrected chi connectivity index (χ4v) is 2.45. The number of ether oxygens (including phenoxy) is 2. The number of carbonyl (C=O) groups excluding carboxylic acids is 2. The third-order valence-corrected chi connectivity index (χ3v) is 3.98. The molecule has 144 valence electrons. The minimum absolute atomic E-state index is 0.233. The quantitative estimate of drug-likeness (QED) is 0.724.